The average molecular weight is 245 g/mol. The van der Waals surface area contributed by atoms with Crippen LogP contribution in [-0.4, -0.2) is 16.4 Å². The highest BCUT2D eigenvalue weighted by Gasteiger charge is 2.22. The van der Waals surface area contributed by atoms with Crippen molar-refractivity contribution in [1.82, 2.24) is 10.3 Å². The van der Waals surface area contributed by atoms with Crippen molar-refractivity contribution in [3.05, 3.63) is 30.1 Å². The maximum absolute atomic E-state index is 11.7. The molecule has 0 bridgehead atoms. The SMILES string of the molecule is CCC(C)(C#N)NC(=O)CCCc1ccccn1. The van der Waals surface area contributed by atoms with Gasteiger partial charge in [0.05, 0.1) is 6.07 Å². The number of carbonyl (C=O) groups is 1. The van der Waals surface area contributed by atoms with E-state index >= 15 is 0 Å². The molecule has 0 saturated carbocycles. The Balaban J connectivity index is 2.32. The molecule has 1 aromatic rings. The summed E-state index contributed by atoms with van der Waals surface area (Å²) in [5.41, 5.74) is 0.242. The summed E-state index contributed by atoms with van der Waals surface area (Å²) >= 11 is 0. The molecule has 0 spiro atoms. The zero-order valence-corrected chi connectivity index (χ0v) is 10.9. The van der Waals surface area contributed by atoms with Crippen LogP contribution >= 0.6 is 0 Å². The number of amides is 1. The standard InChI is InChI=1S/C14H19N3O/c1-3-14(2,11-15)17-13(18)9-6-8-12-7-4-5-10-16-12/h4-5,7,10H,3,6,8-9H2,1-2H3,(H,17,18). The second-order valence-corrected chi connectivity index (χ2v) is 4.52. The lowest BCUT2D eigenvalue weighted by atomic mass is 10.0. The number of hydrogen-bond acceptors (Lipinski definition) is 3. The molecular weight excluding hydrogens is 226 g/mol. The van der Waals surface area contributed by atoms with Crippen LogP contribution in [0, 0.1) is 11.3 Å². The lowest BCUT2D eigenvalue weighted by molar-refractivity contribution is -0.122. The fraction of sp³-hybridized carbons (Fsp3) is 0.500. The molecule has 0 saturated heterocycles. The van der Waals surface area contributed by atoms with Gasteiger partial charge < -0.3 is 5.32 Å². The van der Waals surface area contributed by atoms with Crippen molar-refractivity contribution in [2.75, 3.05) is 0 Å². The predicted octanol–water partition coefficient (Wildman–Crippen LogP) is 2.21. The van der Waals surface area contributed by atoms with Gasteiger partial charge in [-0.25, -0.2) is 0 Å². The monoisotopic (exact) mass is 245 g/mol. The zero-order valence-electron chi connectivity index (χ0n) is 10.9. The van der Waals surface area contributed by atoms with E-state index in [0.29, 0.717) is 12.8 Å². The minimum absolute atomic E-state index is 0.0724. The number of aromatic nitrogens is 1. The van der Waals surface area contributed by atoms with Gasteiger partial charge in [-0.2, -0.15) is 5.26 Å². The Morgan fingerprint density at radius 1 is 1.56 bits per heavy atom. The van der Waals surface area contributed by atoms with Gasteiger partial charge in [-0.1, -0.05) is 13.0 Å². The van der Waals surface area contributed by atoms with Crippen molar-refractivity contribution in [3.8, 4) is 6.07 Å². The van der Waals surface area contributed by atoms with Gasteiger partial charge in [-0.15, -0.1) is 0 Å². The summed E-state index contributed by atoms with van der Waals surface area (Å²) in [4.78, 5) is 15.9. The van der Waals surface area contributed by atoms with Crippen LogP contribution in [0.1, 0.15) is 38.8 Å². The van der Waals surface area contributed by atoms with E-state index in [0.717, 1.165) is 18.5 Å². The number of nitriles is 1. The van der Waals surface area contributed by atoms with Gasteiger partial charge in [-0.3, -0.25) is 9.78 Å². The summed E-state index contributed by atoms with van der Waals surface area (Å²) < 4.78 is 0. The van der Waals surface area contributed by atoms with Crippen LogP contribution < -0.4 is 5.32 Å². The van der Waals surface area contributed by atoms with Crippen LogP contribution in [0.25, 0.3) is 0 Å². The molecule has 0 aliphatic carbocycles. The topological polar surface area (TPSA) is 65.8 Å². The highest BCUT2D eigenvalue weighted by molar-refractivity contribution is 5.77. The summed E-state index contributed by atoms with van der Waals surface area (Å²) in [6, 6.07) is 7.88. The number of pyridine rings is 1. The number of aryl methyl sites for hydroxylation is 1. The molecular formula is C14H19N3O. The van der Waals surface area contributed by atoms with Crippen LogP contribution in [-0.2, 0) is 11.2 Å². The molecule has 96 valence electrons. The summed E-state index contributed by atoms with van der Waals surface area (Å²) in [7, 11) is 0. The van der Waals surface area contributed by atoms with Gasteiger partial charge in [0.2, 0.25) is 5.91 Å². The Morgan fingerprint density at radius 3 is 2.89 bits per heavy atom. The third kappa shape index (κ3) is 4.54. The van der Waals surface area contributed by atoms with E-state index in [1.54, 1.807) is 13.1 Å². The van der Waals surface area contributed by atoms with Gasteiger partial charge in [0.15, 0.2) is 0 Å². The molecule has 1 amide bonds. The van der Waals surface area contributed by atoms with Gasteiger partial charge in [0.1, 0.15) is 5.54 Å². The molecule has 1 N–H and O–H groups in total. The minimum Gasteiger partial charge on any atom is -0.338 e. The van der Waals surface area contributed by atoms with Gasteiger partial charge in [0, 0.05) is 18.3 Å². The van der Waals surface area contributed by atoms with Gasteiger partial charge in [-0.05, 0) is 38.3 Å². The summed E-state index contributed by atoms with van der Waals surface area (Å²) in [6.45, 7) is 3.63. The van der Waals surface area contributed by atoms with Crippen molar-refractivity contribution in [2.24, 2.45) is 0 Å². The van der Waals surface area contributed by atoms with E-state index in [4.69, 9.17) is 5.26 Å². The van der Waals surface area contributed by atoms with E-state index in [9.17, 15) is 4.79 Å². The minimum atomic E-state index is -0.748. The quantitative estimate of drug-likeness (QED) is 0.835. The second-order valence-electron chi connectivity index (χ2n) is 4.52. The molecule has 0 aromatic carbocycles. The van der Waals surface area contributed by atoms with Crippen LogP contribution in [0.2, 0.25) is 0 Å². The molecule has 4 heteroatoms. The number of carbonyl (C=O) groups excluding carboxylic acids is 1. The molecule has 1 rings (SSSR count). The van der Waals surface area contributed by atoms with Crippen LogP contribution in [0.5, 0.6) is 0 Å². The first-order chi connectivity index (χ1) is 8.59. The Kier molecular flexibility index (Phi) is 5.31. The van der Waals surface area contributed by atoms with Crippen molar-refractivity contribution >= 4 is 5.91 Å². The predicted molar refractivity (Wildman–Crippen MR) is 69.6 cm³/mol. The lowest BCUT2D eigenvalue weighted by Gasteiger charge is -2.21. The van der Waals surface area contributed by atoms with Gasteiger partial charge >= 0.3 is 0 Å². The Morgan fingerprint density at radius 2 is 2.33 bits per heavy atom. The summed E-state index contributed by atoms with van der Waals surface area (Å²) in [6.07, 6.45) is 4.31. The normalized spacial score (nSPS) is 13.4. The third-order valence-corrected chi connectivity index (χ3v) is 2.93. The third-order valence-electron chi connectivity index (χ3n) is 2.93. The Bertz CT molecular complexity index is 424. The van der Waals surface area contributed by atoms with Crippen molar-refractivity contribution in [3.63, 3.8) is 0 Å². The first kappa shape index (κ1) is 14.2. The number of nitrogens with one attached hydrogen (secondary N) is 1. The highest BCUT2D eigenvalue weighted by atomic mass is 16.1. The molecule has 4 nitrogen and oxygen atoms in total. The smallest absolute Gasteiger partial charge is 0.221 e. The van der Waals surface area contributed by atoms with E-state index in [1.165, 1.54) is 0 Å². The molecule has 0 aliphatic heterocycles. The first-order valence-corrected chi connectivity index (χ1v) is 6.22. The van der Waals surface area contributed by atoms with Crippen molar-refractivity contribution in [2.45, 2.75) is 45.1 Å². The fourth-order valence-electron chi connectivity index (χ4n) is 1.54. The maximum atomic E-state index is 11.7. The first-order valence-electron chi connectivity index (χ1n) is 6.22. The second kappa shape index (κ2) is 6.75. The molecule has 0 fully saturated rings. The van der Waals surface area contributed by atoms with Crippen LogP contribution in [0.4, 0.5) is 0 Å². The van der Waals surface area contributed by atoms with Crippen molar-refractivity contribution < 1.29 is 4.79 Å². The molecule has 1 unspecified atom stereocenters. The molecule has 18 heavy (non-hydrogen) atoms. The van der Waals surface area contributed by atoms with E-state index in [1.807, 2.05) is 25.1 Å². The van der Waals surface area contributed by atoms with E-state index in [2.05, 4.69) is 16.4 Å². The maximum Gasteiger partial charge on any atom is 0.221 e. The average Bonchev–Trinajstić information content (AvgIpc) is 2.40. The molecule has 0 radical (unpaired) electrons. The molecule has 1 heterocycles. The summed E-state index contributed by atoms with van der Waals surface area (Å²) in [5.74, 6) is -0.0724. The highest BCUT2D eigenvalue weighted by Crippen LogP contribution is 2.08. The zero-order chi connectivity index (χ0) is 13.4. The van der Waals surface area contributed by atoms with E-state index < -0.39 is 5.54 Å². The van der Waals surface area contributed by atoms with Crippen molar-refractivity contribution in [1.29, 1.82) is 5.26 Å². The number of hydrogen-bond donors (Lipinski definition) is 1. The summed E-state index contributed by atoms with van der Waals surface area (Å²) in [5, 5.41) is 11.7. The van der Waals surface area contributed by atoms with Crippen LogP contribution in [0.3, 0.4) is 0 Å². The number of nitrogens with zero attached hydrogens (tertiary/aromatic N) is 2. The molecule has 1 aromatic heterocycles. The lowest BCUT2D eigenvalue weighted by Crippen LogP contribution is -2.44. The Labute approximate surface area is 108 Å². The van der Waals surface area contributed by atoms with Gasteiger partial charge in [0.25, 0.3) is 0 Å². The largest absolute Gasteiger partial charge is 0.338 e. The Hall–Kier alpha value is -1.89. The fourth-order valence-corrected chi connectivity index (χ4v) is 1.54. The molecule has 0 aliphatic rings. The van der Waals surface area contributed by atoms with Crippen LogP contribution in [0.15, 0.2) is 24.4 Å². The van der Waals surface area contributed by atoms with E-state index in [-0.39, 0.29) is 5.91 Å². The molecule has 1 atom stereocenters. The number of rotatable bonds is 6.